The number of hydrogen-bond donors (Lipinski definition) is 2. The molecule has 2 aliphatic heterocycles. The van der Waals surface area contributed by atoms with Gasteiger partial charge in [0.1, 0.15) is 0 Å². The summed E-state index contributed by atoms with van der Waals surface area (Å²) >= 11 is 0. The van der Waals surface area contributed by atoms with E-state index in [4.69, 9.17) is 0 Å². The fourth-order valence-electron chi connectivity index (χ4n) is 2.91. The maximum Gasteiger partial charge on any atom is 0.325 e. The van der Waals surface area contributed by atoms with Crippen LogP contribution in [0.5, 0.6) is 0 Å². The Labute approximate surface area is 139 Å². The molecule has 0 spiro atoms. The third-order valence-electron chi connectivity index (χ3n) is 4.10. The molecule has 1 aromatic rings. The number of hydrogen-bond acceptors (Lipinski definition) is 5. The normalized spacial score (nSPS) is 21.5. The van der Waals surface area contributed by atoms with Crippen molar-refractivity contribution >= 4 is 29.6 Å². The van der Waals surface area contributed by atoms with Crippen LogP contribution in [0.4, 0.5) is 16.6 Å². The fourth-order valence-corrected chi connectivity index (χ4v) is 2.91. The van der Waals surface area contributed by atoms with Gasteiger partial charge in [0.15, 0.2) is 5.84 Å². The summed E-state index contributed by atoms with van der Waals surface area (Å²) in [7, 11) is 1.74. The number of aromatic carboxylic acids is 1. The lowest BCUT2D eigenvalue weighted by Gasteiger charge is -2.16. The Hall–Kier alpha value is -2.71. The molecule has 0 bridgehead atoms. The van der Waals surface area contributed by atoms with E-state index in [0.717, 1.165) is 25.2 Å². The Morgan fingerprint density at radius 1 is 1.46 bits per heavy atom. The zero-order valence-electron chi connectivity index (χ0n) is 13.9. The maximum absolute atomic E-state index is 12.1. The molecule has 2 aliphatic rings. The van der Waals surface area contributed by atoms with Crippen molar-refractivity contribution in [2.75, 3.05) is 25.0 Å². The predicted molar refractivity (Wildman–Crippen MR) is 84.4 cm³/mol. The molecule has 2 saturated heterocycles. The van der Waals surface area contributed by atoms with Crippen LogP contribution in [0.1, 0.15) is 37.0 Å². The molecular weight excluding hydrogens is 312 g/mol. The van der Waals surface area contributed by atoms with Crippen molar-refractivity contribution in [1.82, 2.24) is 20.6 Å². The lowest BCUT2D eigenvalue weighted by Crippen LogP contribution is -2.36. The van der Waals surface area contributed by atoms with Crippen molar-refractivity contribution in [1.29, 1.82) is 0 Å². The number of amides is 2. The van der Waals surface area contributed by atoms with Gasteiger partial charge in [0, 0.05) is 12.6 Å². The molecule has 9 nitrogen and oxygen atoms in total. The minimum Gasteiger partial charge on any atom is -0.544 e. The lowest BCUT2D eigenvalue weighted by molar-refractivity contribution is -0.413. The van der Waals surface area contributed by atoms with Gasteiger partial charge >= 0.3 is 12.0 Å². The maximum atomic E-state index is 12.1. The van der Waals surface area contributed by atoms with E-state index >= 15 is 0 Å². The van der Waals surface area contributed by atoms with Gasteiger partial charge in [0.05, 0.1) is 37.2 Å². The number of aromatic nitrogens is 2. The summed E-state index contributed by atoms with van der Waals surface area (Å²) < 4.78 is 1.68. The molecule has 128 valence electrons. The third kappa shape index (κ3) is 2.89. The second-order valence-electron chi connectivity index (χ2n) is 6.63. The van der Waals surface area contributed by atoms with Gasteiger partial charge in [-0.25, -0.2) is 19.3 Å². The second kappa shape index (κ2) is 5.73. The van der Waals surface area contributed by atoms with E-state index < -0.39 is 11.5 Å². The molecule has 1 aromatic heterocycles. The number of carboxylic acids is 1. The average molecular weight is 332 g/mol. The average Bonchev–Trinajstić information content (AvgIpc) is 3.13. The van der Waals surface area contributed by atoms with Crippen molar-refractivity contribution in [2.45, 2.75) is 32.2 Å². The van der Waals surface area contributed by atoms with Crippen molar-refractivity contribution in [3.8, 4) is 0 Å². The molecule has 2 N–H and O–H groups in total. The predicted octanol–water partition coefficient (Wildman–Crippen LogP) is -0.796. The van der Waals surface area contributed by atoms with Crippen molar-refractivity contribution in [2.24, 2.45) is 0 Å². The highest BCUT2D eigenvalue weighted by molar-refractivity contribution is 5.95. The fraction of sp³-hybridized carbons (Fsp3) is 0.533. The molecule has 0 saturated carbocycles. The van der Waals surface area contributed by atoms with E-state index in [1.807, 2.05) is 13.8 Å². The van der Waals surface area contributed by atoms with Crippen LogP contribution < -0.4 is 20.6 Å². The molecule has 0 aromatic carbocycles. The Balaban J connectivity index is 2.05. The first kappa shape index (κ1) is 16.2. The summed E-state index contributed by atoms with van der Waals surface area (Å²) in [4.78, 5) is 33.3. The van der Waals surface area contributed by atoms with Gasteiger partial charge in [-0.15, -0.1) is 0 Å². The molecule has 9 heteroatoms. The van der Waals surface area contributed by atoms with E-state index in [9.17, 15) is 14.7 Å². The Morgan fingerprint density at radius 3 is 2.75 bits per heavy atom. The number of urea groups is 1. The van der Waals surface area contributed by atoms with Crippen molar-refractivity contribution in [3.63, 3.8) is 0 Å². The zero-order chi connectivity index (χ0) is 17.5. The summed E-state index contributed by atoms with van der Waals surface area (Å²) in [6.45, 7) is 5.02. The van der Waals surface area contributed by atoms with Gasteiger partial charge in [-0.1, -0.05) is 4.98 Å². The molecule has 0 atom stereocenters. The van der Waals surface area contributed by atoms with Gasteiger partial charge in [0.25, 0.3) is 5.82 Å². The number of amidine groups is 1. The number of carbonyl (C=O) groups excluding carboxylic acids is 2. The second-order valence-corrected chi connectivity index (χ2v) is 6.63. The van der Waals surface area contributed by atoms with Gasteiger partial charge < -0.3 is 20.5 Å². The third-order valence-corrected chi connectivity index (χ3v) is 4.10. The summed E-state index contributed by atoms with van der Waals surface area (Å²) in [5, 5.41) is 17.4. The highest BCUT2D eigenvalue weighted by Gasteiger charge is 2.38. The van der Waals surface area contributed by atoms with Crippen LogP contribution in [0, 0.1) is 0 Å². The number of anilines is 1. The first-order chi connectivity index (χ1) is 11.3. The van der Waals surface area contributed by atoms with Crippen LogP contribution in [0.2, 0.25) is 0 Å². The van der Waals surface area contributed by atoms with Gasteiger partial charge in [0.2, 0.25) is 0 Å². The number of nitrogens with one attached hydrogen (secondary N) is 2. The summed E-state index contributed by atoms with van der Waals surface area (Å²) in [6, 6.07) is -0.304. The van der Waals surface area contributed by atoms with Crippen LogP contribution in [0.25, 0.3) is 0 Å². The monoisotopic (exact) mass is 332 g/mol. The number of carboxylic acid groups (broad SMARTS) is 1. The highest BCUT2D eigenvalue weighted by atomic mass is 16.4. The molecule has 0 unspecified atom stereocenters. The molecule has 24 heavy (non-hydrogen) atoms. The lowest BCUT2D eigenvalue weighted by atomic mass is 10.1. The van der Waals surface area contributed by atoms with Gasteiger partial charge in [-0.05, 0) is 20.3 Å². The molecule has 3 rings (SSSR count). The van der Waals surface area contributed by atoms with E-state index in [-0.39, 0.29) is 23.4 Å². The van der Waals surface area contributed by atoms with Crippen molar-refractivity contribution in [3.05, 3.63) is 11.8 Å². The molecule has 2 amide bonds. The van der Waals surface area contributed by atoms with Crippen LogP contribution in [0.3, 0.4) is 0 Å². The van der Waals surface area contributed by atoms with E-state index in [2.05, 4.69) is 20.6 Å². The standard InChI is InChI=1S/C15H20N6O3/c1-15(2)8-21(14(24)19-15)13-17-7-9(12(22)23)11(18-13)20(3)10-5-4-6-16-10/h7H,4-6,8H2,1-3H3,(H2,19,22,23,24). The smallest absolute Gasteiger partial charge is 0.325 e. The zero-order valence-corrected chi connectivity index (χ0v) is 13.9. The van der Waals surface area contributed by atoms with Gasteiger partial charge in [-0.3, -0.25) is 0 Å². The topological polar surface area (TPSA) is 113 Å². The van der Waals surface area contributed by atoms with E-state index in [0.29, 0.717) is 6.54 Å². The van der Waals surface area contributed by atoms with Crippen molar-refractivity contribution < 1.29 is 19.3 Å². The van der Waals surface area contributed by atoms with Crippen LogP contribution in [-0.2, 0) is 0 Å². The van der Waals surface area contributed by atoms with Crippen LogP contribution in [0.15, 0.2) is 6.20 Å². The molecular formula is C15H20N6O3. The summed E-state index contributed by atoms with van der Waals surface area (Å²) in [6.07, 6.45) is 2.97. The van der Waals surface area contributed by atoms with Gasteiger partial charge in [-0.2, -0.15) is 0 Å². The molecule has 0 radical (unpaired) electrons. The number of nitrogens with zero attached hydrogens (tertiary/aromatic N) is 4. The molecule has 2 fully saturated rings. The van der Waals surface area contributed by atoms with E-state index in [1.165, 1.54) is 11.1 Å². The number of rotatable bonds is 3. The molecule has 0 aliphatic carbocycles. The quantitative estimate of drug-likeness (QED) is 0.701. The SMILES string of the molecule is C[N+](=C1CCCN1)c1nc(N2CC(C)(C)NC2=O)ncc1C(=O)[O-]. The van der Waals surface area contributed by atoms with Crippen LogP contribution in [-0.4, -0.2) is 58.1 Å². The Bertz CT molecular complexity index is 735. The molecule has 3 heterocycles. The summed E-state index contributed by atoms with van der Waals surface area (Å²) in [5.74, 6) is -0.0908. The Kier molecular flexibility index (Phi) is 3.86. The first-order valence-corrected chi connectivity index (χ1v) is 7.80. The summed E-state index contributed by atoms with van der Waals surface area (Å²) in [5.41, 5.74) is -0.511. The minimum atomic E-state index is -1.35. The first-order valence-electron chi connectivity index (χ1n) is 7.80. The number of carbonyl (C=O) groups is 2. The largest absolute Gasteiger partial charge is 0.544 e. The highest BCUT2D eigenvalue weighted by Crippen LogP contribution is 2.23. The van der Waals surface area contributed by atoms with Crippen LogP contribution >= 0.6 is 0 Å². The Morgan fingerprint density at radius 2 is 2.21 bits per heavy atom. The minimum absolute atomic E-state index is 0.110. The van der Waals surface area contributed by atoms with E-state index in [1.54, 1.807) is 11.6 Å².